The highest BCUT2D eigenvalue weighted by atomic mass is 32.2. The Morgan fingerprint density at radius 3 is 2.70 bits per heavy atom. The van der Waals surface area contributed by atoms with E-state index in [-0.39, 0.29) is 22.1 Å². The summed E-state index contributed by atoms with van der Waals surface area (Å²) in [6, 6.07) is 6.05. The molecule has 1 aliphatic heterocycles. The van der Waals surface area contributed by atoms with E-state index >= 15 is 0 Å². The van der Waals surface area contributed by atoms with Crippen molar-refractivity contribution in [2.24, 2.45) is 0 Å². The number of carbonyl (C=O) groups is 1. The maximum Gasteiger partial charge on any atom is 0.345 e. The second kappa shape index (κ2) is 9.57. The van der Waals surface area contributed by atoms with Crippen molar-refractivity contribution in [2.45, 2.75) is 57.5 Å². The summed E-state index contributed by atoms with van der Waals surface area (Å²) in [5, 5.41) is 7.17. The number of aryl methyl sites for hydroxylation is 2. The van der Waals surface area contributed by atoms with Crippen LogP contribution in [-0.4, -0.2) is 52.6 Å². The summed E-state index contributed by atoms with van der Waals surface area (Å²) in [4.78, 5) is 24.9. The Bertz CT molecular complexity index is 1050. The third-order valence-corrected chi connectivity index (χ3v) is 7.35. The van der Waals surface area contributed by atoms with Gasteiger partial charge in [-0.05, 0) is 37.5 Å². The third kappa shape index (κ3) is 4.65. The van der Waals surface area contributed by atoms with Crippen LogP contribution in [-0.2, 0) is 29.5 Å². The van der Waals surface area contributed by atoms with Gasteiger partial charge >= 0.3 is 5.69 Å². The number of fused-ring (bicyclic) bond motifs is 1. The topological polar surface area (TPSA) is 106 Å². The van der Waals surface area contributed by atoms with Crippen LogP contribution in [0.2, 0.25) is 0 Å². The summed E-state index contributed by atoms with van der Waals surface area (Å²) in [6.45, 7) is 5.80. The summed E-state index contributed by atoms with van der Waals surface area (Å²) < 4.78 is 29.9. The maximum atomic E-state index is 12.7. The minimum atomic E-state index is -3.62. The highest BCUT2D eigenvalue weighted by Crippen LogP contribution is 2.17. The number of benzene rings is 1. The van der Waals surface area contributed by atoms with E-state index in [9.17, 15) is 18.0 Å². The molecular formula is C20H29N5O4S. The number of hydrogen-bond acceptors (Lipinski definition) is 5. The molecule has 1 N–H and O–H groups in total. The highest BCUT2D eigenvalue weighted by Gasteiger charge is 2.22. The molecule has 1 aromatic heterocycles. The van der Waals surface area contributed by atoms with Crippen molar-refractivity contribution in [3.63, 3.8) is 0 Å². The van der Waals surface area contributed by atoms with Crippen molar-refractivity contribution in [2.75, 3.05) is 19.6 Å². The van der Waals surface area contributed by atoms with Gasteiger partial charge in [0.15, 0.2) is 0 Å². The molecule has 0 saturated carbocycles. The number of amides is 1. The van der Waals surface area contributed by atoms with Gasteiger partial charge in [-0.1, -0.05) is 19.9 Å². The van der Waals surface area contributed by atoms with Gasteiger partial charge < -0.3 is 5.32 Å². The molecule has 9 nitrogen and oxygen atoms in total. The van der Waals surface area contributed by atoms with Crippen LogP contribution in [0.5, 0.6) is 0 Å². The van der Waals surface area contributed by atoms with E-state index in [1.165, 1.54) is 21.1 Å². The summed E-state index contributed by atoms with van der Waals surface area (Å²) in [6.07, 6.45) is 3.43. The Balaban J connectivity index is 1.58. The lowest BCUT2D eigenvalue weighted by Gasteiger charge is -2.18. The molecule has 3 rings (SSSR count). The minimum absolute atomic E-state index is 0.0923. The Labute approximate surface area is 176 Å². The smallest absolute Gasteiger partial charge is 0.345 e. The highest BCUT2D eigenvalue weighted by molar-refractivity contribution is 7.89. The lowest BCUT2D eigenvalue weighted by atomic mass is 10.2. The molecule has 1 aliphatic rings. The van der Waals surface area contributed by atoms with Gasteiger partial charge in [0, 0.05) is 44.7 Å². The summed E-state index contributed by atoms with van der Waals surface area (Å²) in [5.74, 6) is 0.490. The van der Waals surface area contributed by atoms with Gasteiger partial charge in [0.05, 0.1) is 4.90 Å². The molecule has 2 heterocycles. The Hall–Kier alpha value is -2.46. The molecule has 1 aromatic carbocycles. The molecule has 1 amide bonds. The normalized spacial score (nSPS) is 14.0. The summed E-state index contributed by atoms with van der Waals surface area (Å²) in [7, 11) is -3.62. The zero-order valence-electron chi connectivity index (χ0n) is 17.5. The van der Waals surface area contributed by atoms with E-state index < -0.39 is 10.0 Å². The Kier molecular flexibility index (Phi) is 7.09. The lowest BCUT2D eigenvalue weighted by Crippen LogP contribution is -2.31. The molecule has 164 valence electrons. The number of nitrogens with zero attached hydrogens (tertiary/aromatic N) is 4. The summed E-state index contributed by atoms with van der Waals surface area (Å²) in [5.41, 5.74) is 0.197. The zero-order chi connectivity index (χ0) is 21.7. The van der Waals surface area contributed by atoms with Gasteiger partial charge in [0.2, 0.25) is 10.0 Å². The van der Waals surface area contributed by atoms with Gasteiger partial charge in [-0.15, -0.1) is 0 Å². The average Bonchev–Trinajstić information content (AvgIpc) is 3.07. The van der Waals surface area contributed by atoms with E-state index in [4.69, 9.17) is 0 Å². The fourth-order valence-corrected chi connectivity index (χ4v) is 5.14. The van der Waals surface area contributed by atoms with E-state index in [0.717, 1.165) is 31.6 Å². The molecule has 0 radical (unpaired) electrons. The number of rotatable bonds is 9. The van der Waals surface area contributed by atoms with Crippen molar-refractivity contribution >= 4 is 15.9 Å². The van der Waals surface area contributed by atoms with E-state index in [0.29, 0.717) is 32.6 Å². The van der Waals surface area contributed by atoms with E-state index in [2.05, 4.69) is 10.4 Å². The summed E-state index contributed by atoms with van der Waals surface area (Å²) >= 11 is 0. The Morgan fingerprint density at radius 1 is 1.23 bits per heavy atom. The number of hydrogen-bond donors (Lipinski definition) is 1. The number of aromatic nitrogens is 3. The zero-order valence-corrected chi connectivity index (χ0v) is 18.3. The molecule has 0 spiro atoms. The van der Waals surface area contributed by atoms with Gasteiger partial charge in [-0.2, -0.15) is 9.40 Å². The lowest BCUT2D eigenvalue weighted by molar-refractivity contribution is 0.0952. The monoisotopic (exact) mass is 435 g/mol. The van der Waals surface area contributed by atoms with E-state index in [1.54, 1.807) is 30.5 Å². The average molecular weight is 436 g/mol. The molecule has 0 fully saturated rings. The van der Waals surface area contributed by atoms with Crippen molar-refractivity contribution in [3.8, 4) is 0 Å². The van der Waals surface area contributed by atoms with Gasteiger partial charge in [0.25, 0.3) is 5.91 Å². The van der Waals surface area contributed by atoms with Crippen molar-refractivity contribution < 1.29 is 13.2 Å². The minimum Gasteiger partial charge on any atom is -0.352 e. The molecule has 0 aliphatic carbocycles. The fraction of sp³-hybridized carbons (Fsp3) is 0.550. The fourth-order valence-electron chi connectivity index (χ4n) is 3.64. The van der Waals surface area contributed by atoms with Crippen LogP contribution in [0.25, 0.3) is 0 Å². The first-order chi connectivity index (χ1) is 14.4. The van der Waals surface area contributed by atoms with Crippen LogP contribution < -0.4 is 11.0 Å². The first-order valence-electron chi connectivity index (χ1n) is 10.4. The largest absolute Gasteiger partial charge is 0.352 e. The molecule has 0 unspecified atom stereocenters. The first-order valence-corrected chi connectivity index (χ1v) is 11.9. The standard InChI is InChI=1S/C20H29N5O4S/c1-3-23(4-2)30(28,29)17-10-7-9-16(15-17)19(26)21-12-8-14-25-20(27)24-13-6-5-11-18(24)22-25/h7,9-10,15H,3-6,8,11-14H2,1-2H3,(H,21,26). The number of carbonyl (C=O) groups excluding carboxylic acids is 1. The SMILES string of the molecule is CCN(CC)S(=O)(=O)c1cccc(C(=O)NCCCn2nc3n(c2=O)CCCC3)c1. The van der Waals surface area contributed by atoms with Crippen LogP contribution in [0, 0.1) is 0 Å². The third-order valence-electron chi connectivity index (χ3n) is 5.30. The molecule has 30 heavy (non-hydrogen) atoms. The molecular weight excluding hydrogens is 406 g/mol. The second-order valence-corrected chi connectivity index (χ2v) is 9.20. The van der Waals surface area contributed by atoms with Gasteiger partial charge in [0.1, 0.15) is 5.82 Å². The predicted octanol–water partition coefficient (Wildman–Crippen LogP) is 1.23. The van der Waals surface area contributed by atoms with Crippen molar-refractivity contribution in [1.82, 2.24) is 24.0 Å². The number of sulfonamides is 1. The molecule has 2 aromatic rings. The van der Waals surface area contributed by atoms with E-state index in [1.807, 2.05) is 0 Å². The maximum absolute atomic E-state index is 12.7. The number of nitrogens with one attached hydrogen (secondary N) is 1. The molecule has 0 saturated heterocycles. The van der Waals surface area contributed by atoms with Crippen molar-refractivity contribution in [1.29, 1.82) is 0 Å². The van der Waals surface area contributed by atoms with Gasteiger partial charge in [-0.3, -0.25) is 9.36 Å². The Morgan fingerprint density at radius 2 is 2.00 bits per heavy atom. The van der Waals surface area contributed by atoms with Gasteiger partial charge in [-0.25, -0.2) is 17.9 Å². The first kappa shape index (κ1) is 22.2. The van der Waals surface area contributed by atoms with Crippen LogP contribution in [0.15, 0.2) is 34.0 Å². The van der Waals surface area contributed by atoms with Crippen LogP contribution in [0.4, 0.5) is 0 Å². The second-order valence-electron chi connectivity index (χ2n) is 7.26. The van der Waals surface area contributed by atoms with Crippen LogP contribution in [0.1, 0.15) is 49.3 Å². The predicted molar refractivity (Wildman–Crippen MR) is 113 cm³/mol. The molecule has 10 heteroatoms. The molecule has 0 bridgehead atoms. The van der Waals surface area contributed by atoms with Crippen LogP contribution in [0.3, 0.4) is 0 Å². The van der Waals surface area contributed by atoms with Crippen molar-refractivity contribution in [3.05, 3.63) is 46.1 Å². The van der Waals surface area contributed by atoms with Crippen LogP contribution >= 0.6 is 0 Å². The quantitative estimate of drug-likeness (QED) is 0.597. The molecule has 0 atom stereocenters.